The van der Waals surface area contributed by atoms with Crippen LogP contribution in [0.4, 0.5) is 0 Å². The minimum absolute atomic E-state index is 0.554. The molecule has 2 aromatic heterocycles. The highest BCUT2D eigenvalue weighted by molar-refractivity contribution is 5.04. The number of nitrogens with zero attached hydrogens (tertiary/aromatic N) is 4. The van der Waals surface area contributed by atoms with Gasteiger partial charge in [-0.3, -0.25) is 10.00 Å². The molecule has 1 N–H and O–H groups in total. The first-order chi connectivity index (χ1) is 8.81. The van der Waals surface area contributed by atoms with Crippen molar-refractivity contribution in [3.05, 3.63) is 29.7 Å². The van der Waals surface area contributed by atoms with Crippen LogP contribution in [0.5, 0.6) is 0 Å². The Labute approximate surface area is 105 Å². The van der Waals surface area contributed by atoms with Gasteiger partial charge in [-0.1, -0.05) is 5.16 Å². The monoisotopic (exact) mass is 247 g/mol. The van der Waals surface area contributed by atoms with Gasteiger partial charge in [-0.15, -0.1) is 0 Å². The van der Waals surface area contributed by atoms with Crippen LogP contribution in [0.1, 0.15) is 36.0 Å². The minimum atomic E-state index is 0.554. The summed E-state index contributed by atoms with van der Waals surface area (Å²) in [5, 5.41) is 10.8. The Bertz CT molecular complexity index is 488. The SMILES string of the molecule is CN(CCc1cn[nH]c1)Cc1nc(C2CC2)no1. The second kappa shape index (κ2) is 4.89. The number of nitrogens with one attached hydrogen (secondary N) is 1. The summed E-state index contributed by atoms with van der Waals surface area (Å²) in [6, 6.07) is 0. The molecule has 18 heavy (non-hydrogen) atoms. The summed E-state index contributed by atoms with van der Waals surface area (Å²) in [4.78, 5) is 6.60. The third-order valence-corrected chi connectivity index (χ3v) is 3.17. The summed E-state index contributed by atoms with van der Waals surface area (Å²) in [7, 11) is 2.06. The Balaban J connectivity index is 1.48. The smallest absolute Gasteiger partial charge is 0.240 e. The molecule has 96 valence electrons. The van der Waals surface area contributed by atoms with E-state index in [9.17, 15) is 0 Å². The molecule has 0 bridgehead atoms. The molecule has 1 aliphatic rings. The fourth-order valence-electron chi connectivity index (χ4n) is 1.88. The highest BCUT2D eigenvalue weighted by Crippen LogP contribution is 2.38. The molecular formula is C12H17N5O. The molecule has 0 spiro atoms. The Hall–Kier alpha value is -1.69. The van der Waals surface area contributed by atoms with Crippen LogP contribution in [0.2, 0.25) is 0 Å². The standard InChI is InChI=1S/C12H17N5O/c1-17(5-4-9-6-13-14-7-9)8-11-15-12(16-18-11)10-2-3-10/h6-7,10H,2-5,8H2,1H3,(H,13,14). The van der Waals surface area contributed by atoms with Gasteiger partial charge in [-0.25, -0.2) is 0 Å². The van der Waals surface area contributed by atoms with Crippen molar-refractivity contribution in [2.24, 2.45) is 0 Å². The predicted octanol–water partition coefficient (Wildman–Crippen LogP) is 1.34. The van der Waals surface area contributed by atoms with Gasteiger partial charge in [0, 0.05) is 18.7 Å². The van der Waals surface area contributed by atoms with Gasteiger partial charge in [-0.2, -0.15) is 10.1 Å². The Morgan fingerprint density at radius 3 is 3.11 bits per heavy atom. The molecule has 0 aliphatic heterocycles. The van der Waals surface area contributed by atoms with Crippen LogP contribution in [-0.2, 0) is 13.0 Å². The Morgan fingerprint density at radius 1 is 1.50 bits per heavy atom. The molecule has 0 radical (unpaired) electrons. The number of H-pyrrole nitrogens is 1. The van der Waals surface area contributed by atoms with Crippen LogP contribution < -0.4 is 0 Å². The van der Waals surface area contributed by atoms with Crippen molar-refractivity contribution in [3.8, 4) is 0 Å². The van der Waals surface area contributed by atoms with E-state index >= 15 is 0 Å². The van der Waals surface area contributed by atoms with E-state index in [0.29, 0.717) is 18.4 Å². The normalized spacial score (nSPS) is 15.4. The predicted molar refractivity (Wildman–Crippen MR) is 64.9 cm³/mol. The van der Waals surface area contributed by atoms with E-state index in [0.717, 1.165) is 18.8 Å². The van der Waals surface area contributed by atoms with E-state index < -0.39 is 0 Å². The van der Waals surface area contributed by atoms with Gasteiger partial charge < -0.3 is 4.52 Å². The number of aromatic nitrogens is 4. The van der Waals surface area contributed by atoms with E-state index in [-0.39, 0.29) is 0 Å². The fraction of sp³-hybridized carbons (Fsp3) is 0.583. The highest BCUT2D eigenvalue weighted by atomic mass is 16.5. The topological polar surface area (TPSA) is 70.8 Å². The quantitative estimate of drug-likeness (QED) is 0.834. The van der Waals surface area contributed by atoms with E-state index in [1.165, 1.54) is 18.4 Å². The largest absolute Gasteiger partial charge is 0.338 e. The van der Waals surface area contributed by atoms with Gasteiger partial charge in [-0.05, 0) is 31.9 Å². The molecule has 6 heteroatoms. The lowest BCUT2D eigenvalue weighted by molar-refractivity contribution is 0.268. The van der Waals surface area contributed by atoms with Crippen molar-refractivity contribution in [1.82, 2.24) is 25.2 Å². The van der Waals surface area contributed by atoms with E-state index in [1.807, 2.05) is 12.4 Å². The number of aromatic amines is 1. The molecule has 1 saturated carbocycles. The van der Waals surface area contributed by atoms with Crippen molar-refractivity contribution in [2.75, 3.05) is 13.6 Å². The highest BCUT2D eigenvalue weighted by Gasteiger charge is 2.28. The van der Waals surface area contributed by atoms with Crippen molar-refractivity contribution in [3.63, 3.8) is 0 Å². The molecule has 0 saturated heterocycles. The van der Waals surface area contributed by atoms with E-state index in [2.05, 4.69) is 32.3 Å². The summed E-state index contributed by atoms with van der Waals surface area (Å²) in [5.74, 6) is 2.15. The zero-order valence-electron chi connectivity index (χ0n) is 10.5. The van der Waals surface area contributed by atoms with E-state index in [1.54, 1.807) is 0 Å². The first-order valence-electron chi connectivity index (χ1n) is 6.30. The van der Waals surface area contributed by atoms with Gasteiger partial charge in [0.25, 0.3) is 0 Å². The molecule has 2 heterocycles. The number of hydrogen-bond donors (Lipinski definition) is 1. The van der Waals surface area contributed by atoms with Crippen molar-refractivity contribution < 1.29 is 4.52 Å². The molecule has 6 nitrogen and oxygen atoms in total. The second-order valence-electron chi connectivity index (χ2n) is 4.91. The third-order valence-electron chi connectivity index (χ3n) is 3.17. The van der Waals surface area contributed by atoms with Gasteiger partial charge in [0.05, 0.1) is 12.7 Å². The molecule has 0 unspecified atom stereocenters. The zero-order chi connectivity index (χ0) is 12.4. The summed E-state index contributed by atoms with van der Waals surface area (Å²) in [6.07, 6.45) is 7.15. The van der Waals surface area contributed by atoms with Gasteiger partial charge in [0.2, 0.25) is 5.89 Å². The maximum Gasteiger partial charge on any atom is 0.240 e. The zero-order valence-corrected chi connectivity index (χ0v) is 10.5. The first-order valence-corrected chi connectivity index (χ1v) is 6.30. The summed E-state index contributed by atoms with van der Waals surface area (Å²) >= 11 is 0. The van der Waals surface area contributed by atoms with Crippen LogP contribution in [0.15, 0.2) is 16.9 Å². The van der Waals surface area contributed by atoms with Crippen LogP contribution in [0.3, 0.4) is 0 Å². The summed E-state index contributed by atoms with van der Waals surface area (Å²) < 4.78 is 5.25. The lowest BCUT2D eigenvalue weighted by Crippen LogP contribution is -2.20. The lowest BCUT2D eigenvalue weighted by Gasteiger charge is -2.12. The lowest BCUT2D eigenvalue weighted by atomic mass is 10.2. The molecule has 0 amide bonds. The molecular weight excluding hydrogens is 230 g/mol. The average molecular weight is 247 g/mol. The van der Waals surface area contributed by atoms with Gasteiger partial charge in [0.1, 0.15) is 0 Å². The van der Waals surface area contributed by atoms with E-state index in [4.69, 9.17) is 4.52 Å². The van der Waals surface area contributed by atoms with Crippen LogP contribution >= 0.6 is 0 Å². The number of hydrogen-bond acceptors (Lipinski definition) is 5. The van der Waals surface area contributed by atoms with Gasteiger partial charge >= 0.3 is 0 Å². The summed E-state index contributed by atoms with van der Waals surface area (Å²) in [5.41, 5.74) is 1.21. The second-order valence-corrected chi connectivity index (χ2v) is 4.91. The molecule has 1 aliphatic carbocycles. The summed E-state index contributed by atoms with van der Waals surface area (Å²) in [6.45, 7) is 1.65. The number of likely N-dealkylation sites (N-methyl/N-ethyl adjacent to an activating group) is 1. The van der Waals surface area contributed by atoms with Gasteiger partial charge in [0.15, 0.2) is 5.82 Å². The maximum atomic E-state index is 5.25. The first kappa shape index (κ1) is 11.4. The van der Waals surface area contributed by atoms with Crippen LogP contribution in [-0.4, -0.2) is 38.8 Å². The maximum absolute atomic E-state index is 5.25. The number of rotatable bonds is 6. The van der Waals surface area contributed by atoms with Crippen LogP contribution in [0.25, 0.3) is 0 Å². The molecule has 2 aromatic rings. The van der Waals surface area contributed by atoms with Crippen LogP contribution in [0, 0.1) is 0 Å². The fourth-order valence-corrected chi connectivity index (χ4v) is 1.88. The van der Waals surface area contributed by atoms with Crippen molar-refractivity contribution in [2.45, 2.75) is 31.7 Å². The molecule has 3 rings (SSSR count). The van der Waals surface area contributed by atoms with Crippen molar-refractivity contribution in [1.29, 1.82) is 0 Å². The third kappa shape index (κ3) is 2.76. The van der Waals surface area contributed by atoms with Crippen molar-refractivity contribution >= 4 is 0 Å². The average Bonchev–Trinajstić information content (AvgIpc) is 2.90. The Morgan fingerprint density at radius 2 is 2.39 bits per heavy atom. The molecule has 0 atom stereocenters. The minimum Gasteiger partial charge on any atom is -0.338 e. The molecule has 1 fully saturated rings. The molecule has 0 aromatic carbocycles. The Kier molecular flexibility index (Phi) is 3.10.